The number of rotatable bonds is 3. The molecule has 4 heteroatoms. The van der Waals surface area contributed by atoms with Gasteiger partial charge < -0.3 is 10.2 Å². The minimum absolute atomic E-state index is 0. The Morgan fingerprint density at radius 3 is 2.62 bits per heavy atom. The summed E-state index contributed by atoms with van der Waals surface area (Å²) in [4.78, 5) is 14.4. The summed E-state index contributed by atoms with van der Waals surface area (Å²) < 4.78 is 0. The number of benzene rings is 1. The van der Waals surface area contributed by atoms with Gasteiger partial charge in [0, 0.05) is 24.7 Å². The van der Waals surface area contributed by atoms with E-state index in [2.05, 4.69) is 44.3 Å². The Labute approximate surface area is 134 Å². The Balaban J connectivity index is 0.00000220. The highest BCUT2D eigenvalue weighted by Crippen LogP contribution is 2.33. The Bertz CT molecular complexity index is 508. The van der Waals surface area contributed by atoms with Crippen LogP contribution in [0.5, 0.6) is 0 Å². The van der Waals surface area contributed by atoms with Crippen LogP contribution in [-0.4, -0.2) is 26.0 Å². The predicted octanol–water partition coefficient (Wildman–Crippen LogP) is 3.15. The maximum atomic E-state index is 12.5. The van der Waals surface area contributed by atoms with Gasteiger partial charge in [0.25, 0.3) is 0 Å². The molecule has 0 bridgehead atoms. The molecule has 0 saturated carbocycles. The Morgan fingerprint density at radius 1 is 1.38 bits per heavy atom. The molecule has 0 radical (unpaired) electrons. The summed E-state index contributed by atoms with van der Waals surface area (Å²) in [6, 6.07) is 6.55. The van der Waals surface area contributed by atoms with E-state index in [1.54, 1.807) is 0 Å². The van der Waals surface area contributed by atoms with Gasteiger partial charge >= 0.3 is 0 Å². The lowest BCUT2D eigenvalue weighted by atomic mass is 9.86. The van der Waals surface area contributed by atoms with Crippen molar-refractivity contribution >= 4 is 24.0 Å². The van der Waals surface area contributed by atoms with Gasteiger partial charge in [-0.3, -0.25) is 4.79 Å². The van der Waals surface area contributed by atoms with Crippen LogP contribution in [0.3, 0.4) is 0 Å². The van der Waals surface area contributed by atoms with Gasteiger partial charge in [-0.1, -0.05) is 39.8 Å². The molecule has 1 unspecified atom stereocenters. The molecule has 1 aromatic rings. The fourth-order valence-corrected chi connectivity index (χ4v) is 2.76. The number of halogens is 1. The number of anilines is 1. The third kappa shape index (κ3) is 3.78. The summed E-state index contributed by atoms with van der Waals surface area (Å²) in [5.74, 6) is 0.245. The second-order valence-electron chi connectivity index (χ2n) is 6.79. The second-order valence-corrected chi connectivity index (χ2v) is 6.79. The molecule has 3 nitrogen and oxygen atoms in total. The van der Waals surface area contributed by atoms with Gasteiger partial charge in [0.05, 0.1) is 0 Å². The first-order valence-electron chi connectivity index (χ1n) is 7.44. The fraction of sp³-hybridized carbons (Fsp3) is 0.588. The van der Waals surface area contributed by atoms with Gasteiger partial charge in [-0.25, -0.2) is 0 Å². The first-order valence-corrected chi connectivity index (χ1v) is 7.44. The largest absolute Gasteiger partial charge is 0.319 e. The average molecular weight is 311 g/mol. The highest BCUT2D eigenvalue weighted by molar-refractivity contribution is 5.97. The molecule has 1 N–H and O–H groups in total. The number of carbonyl (C=O) groups excluding carboxylic acids is 1. The average Bonchev–Trinajstić information content (AvgIpc) is 2.79. The Morgan fingerprint density at radius 2 is 2.05 bits per heavy atom. The van der Waals surface area contributed by atoms with E-state index in [-0.39, 0.29) is 29.6 Å². The van der Waals surface area contributed by atoms with Crippen LogP contribution in [-0.2, 0) is 16.6 Å². The molecule has 1 aliphatic heterocycles. The van der Waals surface area contributed by atoms with Gasteiger partial charge in [-0.2, -0.15) is 0 Å². The number of hydrogen-bond acceptors (Lipinski definition) is 2. The van der Waals surface area contributed by atoms with Crippen molar-refractivity contribution in [1.29, 1.82) is 0 Å². The fourth-order valence-electron chi connectivity index (χ4n) is 2.76. The first-order chi connectivity index (χ1) is 9.34. The van der Waals surface area contributed by atoms with Crippen LogP contribution < -0.4 is 10.2 Å². The number of nitrogens with one attached hydrogen (secondary N) is 1. The van der Waals surface area contributed by atoms with E-state index >= 15 is 0 Å². The molecular weight excluding hydrogens is 284 g/mol. The molecule has 1 amide bonds. The molecule has 21 heavy (non-hydrogen) atoms. The number of hydrogen-bond donors (Lipinski definition) is 1. The van der Waals surface area contributed by atoms with E-state index in [9.17, 15) is 4.79 Å². The van der Waals surface area contributed by atoms with Crippen molar-refractivity contribution in [3.05, 3.63) is 29.3 Å². The van der Waals surface area contributed by atoms with Gasteiger partial charge in [0.2, 0.25) is 5.91 Å². The molecule has 0 aromatic heterocycles. The van der Waals surface area contributed by atoms with E-state index < -0.39 is 0 Å². The highest BCUT2D eigenvalue weighted by Gasteiger charge is 2.28. The lowest BCUT2D eigenvalue weighted by Crippen LogP contribution is -2.37. The monoisotopic (exact) mass is 310 g/mol. The first kappa shape index (κ1) is 18.0. The van der Waals surface area contributed by atoms with E-state index in [1.807, 2.05) is 18.9 Å². The highest BCUT2D eigenvalue weighted by atomic mass is 35.5. The predicted molar refractivity (Wildman–Crippen MR) is 91.5 cm³/mol. The summed E-state index contributed by atoms with van der Waals surface area (Å²) >= 11 is 0. The van der Waals surface area contributed by atoms with Gasteiger partial charge in [0.15, 0.2) is 0 Å². The summed E-state index contributed by atoms with van der Waals surface area (Å²) in [5.41, 5.74) is 3.91. The maximum absolute atomic E-state index is 12.5. The molecule has 118 valence electrons. The summed E-state index contributed by atoms with van der Waals surface area (Å²) in [6.45, 7) is 10.2. The minimum atomic E-state index is 0. The number of amides is 1. The maximum Gasteiger partial charge on any atom is 0.231 e. The van der Waals surface area contributed by atoms with Crippen LogP contribution in [0.25, 0.3) is 0 Å². The molecule has 2 rings (SSSR count). The van der Waals surface area contributed by atoms with Gasteiger partial charge in [-0.05, 0) is 36.1 Å². The van der Waals surface area contributed by atoms with Crippen molar-refractivity contribution in [2.45, 2.75) is 39.5 Å². The SMILES string of the molecule is CNCC(C)C(=O)N1CCc2cc(C(C)(C)C)ccc21.Cl. The molecule has 0 saturated heterocycles. The van der Waals surface area contributed by atoms with Crippen molar-refractivity contribution < 1.29 is 4.79 Å². The number of fused-ring (bicyclic) bond motifs is 1. The molecule has 0 fully saturated rings. The molecule has 1 aromatic carbocycles. The Hall–Kier alpha value is -1.06. The van der Waals surface area contributed by atoms with E-state index in [1.165, 1.54) is 11.1 Å². The molecule has 1 atom stereocenters. The van der Waals surface area contributed by atoms with Crippen LogP contribution in [0.1, 0.15) is 38.8 Å². The van der Waals surface area contributed by atoms with Gasteiger partial charge in [-0.15, -0.1) is 12.4 Å². The van der Waals surface area contributed by atoms with Crippen LogP contribution in [0.15, 0.2) is 18.2 Å². The van der Waals surface area contributed by atoms with E-state index in [0.29, 0.717) is 0 Å². The lowest BCUT2D eigenvalue weighted by Gasteiger charge is -2.23. The Kier molecular flexibility index (Phi) is 5.83. The quantitative estimate of drug-likeness (QED) is 0.930. The molecule has 1 aliphatic rings. The third-order valence-electron chi connectivity index (χ3n) is 4.04. The zero-order chi connectivity index (χ0) is 14.9. The van der Waals surface area contributed by atoms with Crippen molar-refractivity contribution in [2.75, 3.05) is 25.0 Å². The van der Waals surface area contributed by atoms with Crippen molar-refractivity contribution in [2.24, 2.45) is 5.92 Å². The second kappa shape index (κ2) is 6.80. The van der Waals surface area contributed by atoms with Crippen LogP contribution in [0, 0.1) is 5.92 Å². The van der Waals surface area contributed by atoms with Crippen LogP contribution in [0.2, 0.25) is 0 Å². The standard InChI is InChI=1S/C17H26N2O.ClH/c1-12(11-18-5)16(20)19-9-8-13-10-14(17(2,3)4)6-7-15(13)19;/h6-7,10,12,18H,8-9,11H2,1-5H3;1H. The molecule has 1 heterocycles. The molecule has 0 spiro atoms. The van der Waals surface area contributed by atoms with Crippen molar-refractivity contribution in [1.82, 2.24) is 5.32 Å². The summed E-state index contributed by atoms with van der Waals surface area (Å²) in [7, 11) is 1.89. The summed E-state index contributed by atoms with van der Waals surface area (Å²) in [6.07, 6.45) is 0.970. The van der Waals surface area contributed by atoms with Crippen LogP contribution >= 0.6 is 12.4 Å². The van der Waals surface area contributed by atoms with Crippen molar-refractivity contribution in [3.8, 4) is 0 Å². The van der Waals surface area contributed by atoms with Crippen molar-refractivity contribution in [3.63, 3.8) is 0 Å². The number of carbonyl (C=O) groups is 1. The zero-order valence-corrected chi connectivity index (χ0v) is 14.5. The van der Waals surface area contributed by atoms with E-state index in [0.717, 1.165) is 25.2 Å². The number of nitrogens with zero attached hydrogens (tertiary/aromatic N) is 1. The molecule has 0 aliphatic carbocycles. The lowest BCUT2D eigenvalue weighted by molar-refractivity contribution is -0.121. The third-order valence-corrected chi connectivity index (χ3v) is 4.04. The minimum Gasteiger partial charge on any atom is -0.319 e. The normalized spacial score (nSPS) is 15.4. The van der Waals surface area contributed by atoms with Crippen LogP contribution in [0.4, 0.5) is 5.69 Å². The molecular formula is C17H27ClN2O. The van der Waals surface area contributed by atoms with E-state index in [4.69, 9.17) is 0 Å². The topological polar surface area (TPSA) is 32.3 Å². The van der Waals surface area contributed by atoms with Gasteiger partial charge in [0.1, 0.15) is 0 Å². The smallest absolute Gasteiger partial charge is 0.231 e. The zero-order valence-electron chi connectivity index (χ0n) is 13.7. The summed E-state index contributed by atoms with van der Waals surface area (Å²) in [5, 5.41) is 3.08.